The van der Waals surface area contributed by atoms with Crippen molar-refractivity contribution in [1.29, 1.82) is 0 Å². The van der Waals surface area contributed by atoms with Crippen LogP contribution in [0.3, 0.4) is 0 Å². The van der Waals surface area contributed by atoms with E-state index in [-0.39, 0.29) is 0 Å². The standard InChI is InChI=1S/C11H16.C6H6.C5H12/c1-11(2,3)9-10-7-5-4-6-8-10;1-2-4-6-5-3-1;1-5(2,3)4/h4-8H,9H2,1-3H3;1-6H;1-4H3. The van der Waals surface area contributed by atoms with E-state index in [9.17, 15) is 0 Å². The minimum absolute atomic E-state index is 0.404. The molecule has 2 aromatic carbocycles. The second-order valence-corrected chi connectivity index (χ2v) is 8.38. The van der Waals surface area contributed by atoms with E-state index in [0.717, 1.165) is 6.42 Å². The predicted octanol–water partition coefficient (Wildman–Crippen LogP) is 7.01. The Bertz CT molecular complexity index is 422. The normalized spacial score (nSPS) is 10.7. The summed E-state index contributed by atoms with van der Waals surface area (Å²) in [7, 11) is 0. The predicted molar refractivity (Wildman–Crippen MR) is 101 cm³/mol. The number of hydrogen-bond acceptors (Lipinski definition) is 0. The molecule has 0 nitrogen and oxygen atoms in total. The highest BCUT2D eigenvalue weighted by Gasteiger charge is 2.09. The summed E-state index contributed by atoms with van der Waals surface area (Å²) in [5.41, 5.74) is 2.33. The molecule has 0 radical (unpaired) electrons. The topological polar surface area (TPSA) is 0 Å². The Labute approximate surface area is 138 Å². The van der Waals surface area contributed by atoms with Gasteiger partial charge in [-0.3, -0.25) is 0 Å². The van der Waals surface area contributed by atoms with Gasteiger partial charge in [0, 0.05) is 0 Å². The molecule has 0 fully saturated rings. The number of benzene rings is 2. The Kier molecular flexibility index (Phi) is 9.49. The van der Waals surface area contributed by atoms with Crippen LogP contribution >= 0.6 is 0 Å². The monoisotopic (exact) mass is 298 g/mol. The average molecular weight is 299 g/mol. The average Bonchev–Trinajstić information content (AvgIpc) is 2.39. The molecule has 0 unspecified atom stereocenters. The van der Waals surface area contributed by atoms with Crippen molar-refractivity contribution in [3.8, 4) is 0 Å². The molecule has 0 aromatic heterocycles. The van der Waals surface area contributed by atoms with Crippen molar-refractivity contribution in [2.75, 3.05) is 0 Å². The summed E-state index contributed by atoms with van der Waals surface area (Å²) in [6.07, 6.45) is 1.16. The molecule has 122 valence electrons. The van der Waals surface area contributed by atoms with Gasteiger partial charge in [-0.15, -0.1) is 0 Å². The third-order valence-electron chi connectivity index (χ3n) is 2.24. The molecule has 0 amide bonds. The van der Waals surface area contributed by atoms with Gasteiger partial charge in [0.1, 0.15) is 0 Å². The zero-order chi connectivity index (χ0) is 17.1. The Morgan fingerprint density at radius 3 is 1.09 bits per heavy atom. The van der Waals surface area contributed by atoms with E-state index in [0.29, 0.717) is 10.8 Å². The van der Waals surface area contributed by atoms with Gasteiger partial charge in [-0.05, 0) is 22.8 Å². The van der Waals surface area contributed by atoms with E-state index in [1.807, 2.05) is 36.4 Å². The first-order chi connectivity index (χ1) is 10.1. The Hall–Kier alpha value is -1.56. The maximum atomic E-state index is 2.26. The molecule has 0 aliphatic carbocycles. The van der Waals surface area contributed by atoms with Gasteiger partial charge in [-0.1, -0.05) is 115 Å². The van der Waals surface area contributed by atoms with E-state index < -0.39 is 0 Å². The van der Waals surface area contributed by atoms with Gasteiger partial charge in [0.25, 0.3) is 0 Å². The summed E-state index contributed by atoms with van der Waals surface area (Å²) in [5.74, 6) is 0. The fourth-order valence-corrected chi connectivity index (χ4v) is 1.59. The lowest BCUT2D eigenvalue weighted by molar-refractivity contribution is 0.411. The Morgan fingerprint density at radius 1 is 0.545 bits per heavy atom. The largest absolute Gasteiger partial charge is 0.0623 e. The third-order valence-corrected chi connectivity index (χ3v) is 2.24. The molecule has 0 aliphatic heterocycles. The molecule has 0 N–H and O–H groups in total. The first kappa shape index (κ1) is 20.4. The highest BCUT2D eigenvalue weighted by atomic mass is 14.1. The van der Waals surface area contributed by atoms with E-state index in [1.54, 1.807) is 0 Å². The summed E-state index contributed by atoms with van der Waals surface area (Å²) in [5, 5.41) is 0. The van der Waals surface area contributed by atoms with Crippen LogP contribution in [-0.4, -0.2) is 0 Å². The lowest BCUT2D eigenvalue weighted by Gasteiger charge is -2.17. The van der Waals surface area contributed by atoms with Gasteiger partial charge < -0.3 is 0 Å². The first-order valence-corrected chi connectivity index (χ1v) is 8.12. The van der Waals surface area contributed by atoms with Gasteiger partial charge in [0.05, 0.1) is 0 Å². The van der Waals surface area contributed by atoms with Crippen LogP contribution < -0.4 is 0 Å². The smallest absolute Gasteiger partial charge is 0.0230 e. The van der Waals surface area contributed by atoms with Crippen LogP contribution in [0.4, 0.5) is 0 Å². The SMILES string of the molecule is CC(C)(C)C.CC(C)(C)Cc1ccccc1.c1ccccc1. The Morgan fingerprint density at radius 2 is 0.818 bits per heavy atom. The van der Waals surface area contributed by atoms with Crippen LogP contribution in [0.1, 0.15) is 54.0 Å². The van der Waals surface area contributed by atoms with Gasteiger partial charge in [-0.25, -0.2) is 0 Å². The van der Waals surface area contributed by atoms with E-state index in [1.165, 1.54) is 5.56 Å². The third kappa shape index (κ3) is 18.4. The molecule has 2 rings (SSSR count). The van der Waals surface area contributed by atoms with Crippen LogP contribution in [0.2, 0.25) is 0 Å². The molecular formula is C22H34. The van der Waals surface area contributed by atoms with E-state index in [4.69, 9.17) is 0 Å². The molecule has 0 aliphatic rings. The summed E-state index contributed by atoms with van der Waals surface area (Å²) >= 11 is 0. The summed E-state index contributed by atoms with van der Waals surface area (Å²) in [4.78, 5) is 0. The second-order valence-electron chi connectivity index (χ2n) is 8.38. The molecule has 0 bridgehead atoms. The maximum Gasteiger partial charge on any atom is -0.0230 e. The fraction of sp³-hybridized carbons (Fsp3) is 0.455. The molecule has 2 aromatic rings. The minimum atomic E-state index is 0.404. The number of rotatable bonds is 1. The second kappa shape index (κ2) is 10.2. The lowest BCUT2D eigenvalue weighted by Crippen LogP contribution is -2.08. The lowest BCUT2D eigenvalue weighted by atomic mass is 9.88. The van der Waals surface area contributed by atoms with Crippen molar-refractivity contribution < 1.29 is 0 Å². The van der Waals surface area contributed by atoms with Crippen LogP contribution in [-0.2, 0) is 6.42 Å². The van der Waals surface area contributed by atoms with Gasteiger partial charge in [-0.2, -0.15) is 0 Å². The highest BCUT2D eigenvalue weighted by molar-refractivity contribution is 5.15. The van der Waals surface area contributed by atoms with E-state index >= 15 is 0 Å². The van der Waals surface area contributed by atoms with Gasteiger partial charge in [0.15, 0.2) is 0 Å². The van der Waals surface area contributed by atoms with Crippen LogP contribution in [0.5, 0.6) is 0 Å². The molecule has 0 spiro atoms. The molecule has 0 heterocycles. The summed E-state index contributed by atoms with van der Waals surface area (Å²) in [6.45, 7) is 15.5. The van der Waals surface area contributed by atoms with Gasteiger partial charge in [0.2, 0.25) is 0 Å². The minimum Gasteiger partial charge on any atom is -0.0623 e. The highest BCUT2D eigenvalue weighted by Crippen LogP contribution is 2.19. The molecular weight excluding hydrogens is 264 g/mol. The van der Waals surface area contributed by atoms with Crippen molar-refractivity contribution in [2.24, 2.45) is 10.8 Å². The maximum absolute atomic E-state index is 2.26. The van der Waals surface area contributed by atoms with Gasteiger partial charge >= 0.3 is 0 Å². The molecule has 0 saturated carbocycles. The van der Waals surface area contributed by atoms with Crippen molar-refractivity contribution in [3.63, 3.8) is 0 Å². The van der Waals surface area contributed by atoms with Crippen LogP contribution in [0.15, 0.2) is 66.7 Å². The van der Waals surface area contributed by atoms with Crippen molar-refractivity contribution in [3.05, 3.63) is 72.3 Å². The molecule has 0 saturated heterocycles. The van der Waals surface area contributed by atoms with Crippen molar-refractivity contribution >= 4 is 0 Å². The van der Waals surface area contributed by atoms with Crippen molar-refractivity contribution in [2.45, 2.75) is 54.9 Å². The Balaban J connectivity index is 0.000000338. The van der Waals surface area contributed by atoms with Crippen LogP contribution in [0.25, 0.3) is 0 Å². The summed E-state index contributed by atoms with van der Waals surface area (Å²) in [6, 6.07) is 22.6. The molecule has 0 heteroatoms. The quantitative estimate of drug-likeness (QED) is 0.531. The first-order valence-electron chi connectivity index (χ1n) is 8.12. The number of hydrogen-bond donors (Lipinski definition) is 0. The van der Waals surface area contributed by atoms with Crippen molar-refractivity contribution in [1.82, 2.24) is 0 Å². The zero-order valence-corrected chi connectivity index (χ0v) is 15.6. The molecule has 0 atom stereocenters. The summed E-state index contributed by atoms with van der Waals surface area (Å²) < 4.78 is 0. The zero-order valence-electron chi connectivity index (χ0n) is 15.6. The van der Waals surface area contributed by atoms with E-state index in [2.05, 4.69) is 78.8 Å². The molecule has 22 heavy (non-hydrogen) atoms. The fourth-order valence-electron chi connectivity index (χ4n) is 1.59. The van der Waals surface area contributed by atoms with Crippen LogP contribution in [0, 0.1) is 10.8 Å².